The molecule has 0 radical (unpaired) electrons. The van der Waals surface area contributed by atoms with Crippen molar-refractivity contribution in [3.8, 4) is 23.0 Å². The molecule has 0 aliphatic carbocycles. The molecule has 1 aromatic heterocycles. The topological polar surface area (TPSA) is 57.4 Å². The van der Waals surface area contributed by atoms with Crippen molar-refractivity contribution in [1.82, 2.24) is 10.1 Å². The zero-order chi connectivity index (χ0) is 15.4. The van der Waals surface area contributed by atoms with Gasteiger partial charge in [0.05, 0.1) is 7.11 Å². The Morgan fingerprint density at radius 2 is 1.91 bits per heavy atom. The van der Waals surface area contributed by atoms with E-state index >= 15 is 0 Å². The number of ether oxygens (including phenoxy) is 2. The van der Waals surface area contributed by atoms with Gasteiger partial charge in [-0.15, -0.1) is 0 Å². The fourth-order valence-corrected chi connectivity index (χ4v) is 1.89. The van der Waals surface area contributed by atoms with E-state index in [9.17, 15) is 4.39 Å². The van der Waals surface area contributed by atoms with Crippen molar-refractivity contribution in [2.45, 2.75) is 6.61 Å². The average Bonchev–Trinajstić information content (AvgIpc) is 3.02. The number of methoxy groups -OCH3 is 1. The van der Waals surface area contributed by atoms with Gasteiger partial charge < -0.3 is 14.0 Å². The van der Waals surface area contributed by atoms with Gasteiger partial charge in [-0.2, -0.15) is 4.98 Å². The highest BCUT2D eigenvalue weighted by molar-refractivity contribution is 5.52. The Morgan fingerprint density at radius 3 is 2.73 bits per heavy atom. The molecule has 22 heavy (non-hydrogen) atoms. The Bertz CT molecular complexity index is 773. The van der Waals surface area contributed by atoms with Crippen molar-refractivity contribution < 1.29 is 18.4 Å². The molecule has 3 rings (SSSR count). The molecule has 0 saturated carbocycles. The van der Waals surface area contributed by atoms with Gasteiger partial charge in [0.1, 0.15) is 17.3 Å². The Kier molecular flexibility index (Phi) is 4.00. The molecule has 0 saturated heterocycles. The molecule has 0 unspecified atom stereocenters. The monoisotopic (exact) mass is 300 g/mol. The maximum Gasteiger partial charge on any atom is 0.258 e. The van der Waals surface area contributed by atoms with Gasteiger partial charge in [-0.1, -0.05) is 17.3 Å². The van der Waals surface area contributed by atoms with Gasteiger partial charge in [0.25, 0.3) is 5.89 Å². The lowest BCUT2D eigenvalue weighted by Crippen LogP contribution is -1.97. The number of aromatic nitrogens is 2. The molecule has 0 spiro atoms. The standard InChI is InChI=1S/C16H13FN2O3/c1-20-13-6-3-7-14(9-13)21-10-15-18-16(22-19-15)11-4-2-5-12(17)8-11/h2-9H,10H2,1H3. The summed E-state index contributed by atoms with van der Waals surface area (Å²) in [6, 6.07) is 13.2. The predicted molar refractivity (Wildman–Crippen MR) is 77.0 cm³/mol. The number of hydrogen-bond donors (Lipinski definition) is 0. The first-order chi connectivity index (χ1) is 10.7. The molecule has 2 aromatic carbocycles. The normalized spacial score (nSPS) is 10.5. The third kappa shape index (κ3) is 3.22. The minimum Gasteiger partial charge on any atom is -0.497 e. The number of halogens is 1. The summed E-state index contributed by atoms with van der Waals surface area (Å²) in [7, 11) is 1.59. The smallest absolute Gasteiger partial charge is 0.258 e. The lowest BCUT2D eigenvalue weighted by atomic mass is 10.2. The first kappa shape index (κ1) is 14.1. The second kappa shape index (κ2) is 6.26. The van der Waals surface area contributed by atoms with Crippen LogP contribution in [0.1, 0.15) is 5.82 Å². The molecule has 0 fully saturated rings. The molecule has 0 aliphatic rings. The molecular formula is C16H13FN2O3. The molecule has 1 heterocycles. The van der Waals surface area contributed by atoms with Crippen LogP contribution in [0.2, 0.25) is 0 Å². The summed E-state index contributed by atoms with van der Waals surface area (Å²) < 4.78 is 29.0. The van der Waals surface area contributed by atoms with E-state index < -0.39 is 0 Å². The molecule has 0 amide bonds. The van der Waals surface area contributed by atoms with Gasteiger partial charge in [0.2, 0.25) is 5.82 Å². The summed E-state index contributed by atoms with van der Waals surface area (Å²) in [5.41, 5.74) is 0.528. The van der Waals surface area contributed by atoms with Crippen LogP contribution in [0.15, 0.2) is 53.1 Å². The number of nitrogens with zero attached hydrogens (tertiary/aromatic N) is 2. The van der Waals surface area contributed by atoms with E-state index in [0.29, 0.717) is 22.9 Å². The fourth-order valence-electron chi connectivity index (χ4n) is 1.89. The third-order valence-corrected chi connectivity index (χ3v) is 2.95. The van der Waals surface area contributed by atoms with Crippen LogP contribution in [-0.2, 0) is 6.61 Å². The van der Waals surface area contributed by atoms with Gasteiger partial charge >= 0.3 is 0 Å². The van der Waals surface area contributed by atoms with Crippen molar-refractivity contribution in [3.63, 3.8) is 0 Å². The fraction of sp³-hybridized carbons (Fsp3) is 0.125. The second-order valence-corrected chi connectivity index (χ2v) is 4.49. The van der Waals surface area contributed by atoms with Crippen LogP contribution >= 0.6 is 0 Å². The SMILES string of the molecule is COc1cccc(OCc2noc(-c3cccc(F)c3)n2)c1. The maximum atomic E-state index is 13.2. The minimum absolute atomic E-state index is 0.145. The van der Waals surface area contributed by atoms with Crippen LogP contribution in [-0.4, -0.2) is 17.3 Å². The van der Waals surface area contributed by atoms with Crippen molar-refractivity contribution >= 4 is 0 Å². The number of rotatable bonds is 5. The summed E-state index contributed by atoms with van der Waals surface area (Å²) in [6.07, 6.45) is 0. The quantitative estimate of drug-likeness (QED) is 0.722. The molecule has 0 aliphatic heterocycles. The second-order valence-electron chi connectivity index (χ2n) is 4.49. The number of benzene rings is 2. The Labute approximate surface area is 126 Å². The van der Waals surface area contributed by atoms with E-state index in [0.717, 1.165) is 0 Å². The van der Waals surface area contributed by atoms with Crippen LogP contribution in [0.25, 0.3) is 11.5 Å². The summed E-state index contributed by atoms with van der Waals surface area (Å²) >= 11 is 0. The zero-order valence-corrected chi connectivity index (χ0v) is 11.8. The highest BCUT2D eigenvalue weighted by Crippen LogP contribution is 2.21. The molecule has 0 bridgehead atoms. The molecule has 3 aromatic rings. The van der Waals surface area contributed by atoms with E-state index in [1.165, 1.54) is 12.1 Å². The van der Waals surface area contributed by atoms with Crippen LogP contribution in [0.4, 0.5) is 4.39 Å². The molecule has 0 atom stereocenters. The van der Waals surface area contributed by atoms with Crippen molar-refractivity contribution in [2.24, 2.45) is 0 Å². The van der Waals surface area contributed by atoms with Crippen molar-refractivity contribution in [1.29, 1.82) is 0 Å². The van der Waals surface area contributed by atoms with Crippen LogP contribution < -0.4 is 9.47 Å². The molecule has 112 valence electrons. The van der Waals surface area contributed by atoms with Gasteiger partial charge in [-0.25, -0.2) is 4.39 Å². The van der Waals surface area contributed by atoms with E-state index in [1.54, 1.807) is 31.4 Å². The zero-order valence-electron chi connectivity index (χ0n) is 11.8. The largest absolute Gasteiger partial charge is 0.497 e. The van der Waals surface area contributed by atoms with Crippen molar-refractivity contribution in [2.75, 3.05) is 7.11 Å². The van der Waals surface area contributed by atoms with Gasteiger partial charge in [0.15, 0.2) is 6.61 Å². The first-order valence-corrected chi connectivity index (χ1v) is 6.60. The van der Waals surface area contributed by atoms with Crippen LogP contribution in [0.5, 0.6) is 11.5 Å². The Morgan fingerprint density at radius 1 is 1.09 bits per heavy atom. The molecular weight excluding hydrogens is 287 g/mol. The lowest BCUT2D eigenvalue weighted by molar-refractivity contribution is 0.285. The van der Waals surface area contributed by atoms with Crippen molar-refractivity contribution in [3.05, 3.63) is 60.2 Å². The summed E-state index contributed by atoms with van der Waals surface area (Å²) in [5, 5.41) is 3.82. The van der Waals surface area contributed by atoms with Gasteiger partial charge in [-0.05, 0) is 30.3 Å². The average molecular weight is 300 g/mol. The Hall–Kier alpha value is -2.89. The highest BCUT2D eigenvalue weighted by Gasteiger charge is 2.10. The van der Waals surface area contributed by atoms with E-state index in [-0.39, 0.29) is 18.3 Å². The first-order valence-electron chi connectivity index (χ1n) is 6.60. The minimum atomic E-state index is -0.357. The highest BCUT2D eigenvalue weighted by atomic mass is 19.1. The third-order valence-electron chi connectivity index (χ3n) is 2.95. The molecule has 0 N–H and O–H groups in total. The van der Waals surface area contributed by atoms with Crippen LogP contribution in [0, 0.1) is 5.82 Å². The lowest BCUT2D eigenvalue weighted by Gasteiger charge is -2.05. The van der Waals surface area contributed by atoms with E-state index in [4.69, 9.17) is 14.0 Å². The van der Waals surface area contributed by atoms with Gasteiger partial charge in [0, 0.05) is 11.6 Å². The molecule has 5 nitrogen and oxygen atoms in total. The summed E-state index contributed by atoms with van der Waals surface area (Å²) in [5.74, 6) is 1.61. The summed E-state index contributed by atoms with van der Waals surface area (Å²) in [6.45, 7) is 0.145. The van der Waals surface area contributed by atoms with E-state index in [1.807, 2.05) is 12.1 Å². The predicted octanol–water partition coefficient (Wildman–Crippen LogP) is 3.46. The van der Waals surface area contributed by atoms with Crippen LogP contribution in [0.3, 0.4) is 0 Å². The van der Waals surface area contributed by atoms with Gasteiger partial charge in [-0.3, -0.25) is 0 Å². The van der Waals surface area contributed by atoms with E-state index in [2.05, 4.69) is 10.1 Å². The number of hydrogen-bond acceptors (Lipinski definition) is 5. The summed E-state index contributed by atoms with van der Waals surface area (Å²) in [4.78, 5) is 4.18. The molecule has 6 heteroatoms. The Balaban J connectivity index is 1.69. The maximum absolute atomic E-state index is 13.2.